The van der Waals surface area contributed by atoms with Crippen LogP contribution in [0.3, 0.4) is 0 Å². The first-order valence-electron chi connectivity index (χ1n) is 8.01. The summed E-state index contributed by atoms with van der Waals surface area (Å²) < 4.78 is 1.32. The molecule has 0 spiro atoms. The number of hydrogen-bond acceptors (Lipinski definition) is 5. The number of amidine groups is 1. The summed E-state index contributed by atoms with van der Waals surface area (Å²) in [5.41, 5.74) is 8.62. The van der Waals surface area contributed by atoms with Crippen LogP contribution < -0.4 is 11.1 Å². The van der Waals surface area contributed by atoms with Crippen molar-refractivity contribution in [2.45, 2.75) is 18.1 Å². The number of benzene rings is 2. The van der Waals surface area contributed by atoms with E-state index in [2.05, 4.69) is 10.3 Å². The minimum atomic E-state index is -0.555. The number of ketones is 1. The van der Waals surface area contributed by atoms with Gasteiger partial charge in [-0.3, -0.25) is 10.5 Å². The molecule has 2 aromatic carbocycles. The van der Waals surface area contributed by atoms with Crippen LogP contribution in [0.1, 0.15) is 22.8 Å². The van der Waals surface area contributed by atoms with Gasteiger partial charge >= 0.3 is 0 Å². The maximum Gasteiger partial charge on any atom is 0.193 e. The van der Waals surface area contributed by atoms with Crippen molar-refractivity contribution in [1.82, 2.24) is 9.74 Å². The van der Waals surface area contributed by atoms with Gasteiger partial charge in [0.1, 0.15) is 5.84 Å². The number of halogens is 1. The standard InChI is InChI=1S/C19H19ClN4OS/c1-12-10-17(24(20)19(21)22-12)23-15-5-3-4-14(11-15)18(25)13-6-8-16(26-2)9-7-13/h3-11,19,22H,21H2,1-2H3. The van der Waals surface area contributed by atoms with Crippen molar-refractivity contribution in [2.24, 2.45) is 10.7 Å². The molecule has 0 fully saturated rings. The van der Waals surface area contributed by atoms with Gasteiger partial charge in [-0.05, 0) is 49.6 Å². The molecule has 1 aliphatic heterocycles. The Balaban J connectivity index is 1.89. The van der Waals surface area contributed by atoms with Crippen LogP contribution >= 0.6 is 23.5 Å². The summed E-state index contributed by atoms with van der Waals surface area (Å²) in [4.78, 5) is 18.4. The number of nitrogens with one attached hydrogen (secondary N) is 1. The number of nitrogens with two attached hydrogens (primary N) is 1. The summed E-state index contributed by atoms with van der Waals surface area (Å²) in [6, 6.07) is 14.7. The highest BCUT2D eigenvalue weighted by Gasteiger charge is 2.20. The van der Waals surface area contributed by atoms with E-state index in [1.807, 2.05) is 43.5 Å². The summed E-state index contributed by atoms with van der Waals surface area (Å²) in [6.45, 7) is 1.89. The average molecular weight is 387 g/mol. The Morgan fingerprint density at radius 3 is 2.65 bits per heavy atom. The quantitative estimate of drug-likeness (QED) is 0.474. The number of carbonyl (C=O) groups is 1. The Bertz CT molecular complexity index is 879. The van der Waals surface area contributed by atoms with Crippen molar-refractivity contribution in [3.63, 3.8) is 0 Å². The zero-order valence-electron chi connectivity index (χ0n) is 14.4. The van der Waals surface area contributed by atoms with Gasteiger partial charge in [-0.1, -0.05) is 12.1 Å². The predicted molar refractivity (Wildman–Crippen MR) is 108 cm³/mol. The summed E-state index contributed by atoms with van der Waals surface area (Å²) in [7, 11) is 0. The van der Waals surface area contributed by atoms with E-state index < -0.39 is 6.29 Å². The van der Waals surface area contributed by atoms with E-state index in [0.717, 1.165) is 10.6 Å². The first-order valence-corrected chi connectivity index (χ1v) is 9.57. The minimum Gasteiger partial charge on any atom is -0.356 e. The van der Waals surface area contributed by atoms with Crippen molar-refractivity contribution < 1.29 is 4.79 Å². The third-order valence-corrected chi connectivity index (χ3v) is 5.02. The van der Waals surface area contributed by atoms with Crippen LogP contribution in [0.2, 0.25) is 0 Å². The molecule has 0 bridgehead atoms. The molecule has 7 heteroatoms. The highest BCUT2D eigenvalue weighted by atomic mass is 35.5. The lowest BCUT2D eigenvalue weighted by molar-refractivity contribution is 0.103. The van der Waals surface area contributed by atoms with Crippen molar-refractivity contribution in [3.8, 4) is 0 Å². The smallest absolute Gasteiger partial charge is 0.193 e. The Hall–Kier alpha value is -2.28. The van der Waals surface area contributed by atoms with E-state index in [0.29, 0.717) is 22.6 Å². The van der Waals surface area contributed by atoms with Crippen LogP contribution in [0.15, 0.2) is 70.2 Å². The highest BCUT2D eigenvalue weighted by molar-refractivity contribution is 7.98. The fraction of sp³-hybridized carbons (Fsp3) is 0.158. The van der Waals surface area contributed by atoms with Gasteiger partial charge in [0.25, 0.3) is 0 Å². The largest absolute Gasteiger partial charge is 0.356 e. The molecule has 0 saturated carbocycles. The van der Waals surface area contributed by atoms with Crippen molar-refractivity contribution in [3.05, 3.63) is 71.4 Å². The SMILES string of the molecule is CSc1ccc(C(=O)c2cccc(N=C3C=C(C)NC(N)N3Cl)c2)cc1. The molecule has 0 radical (unpaired) electrons. The number of hydrogen-bond donors (Lipinski definition) is 2. The van der Waals surface area contributed by atoms with Gasteiger partial charge in [-0.25, -0.2) is 9.41 Å². The molecule has 1 unspecified atom stereocenters. The van der Waals surface area contributed by atoms with Crippen LogP contribution in [0.4, 0.5) is 5.69 Å². The molecule has 3 rings (SSSR count). The minimum absolute atomic E-state index is 0.0452. The average Bonchev–Trinajstić information content (AvgIpc) is 2.65. The molecular formula is C19H19ClN4OS. The second-order valence-electron chi connectivity index (χ2n) is 5.81. The van der Waals surface area contributed by atoms with E-state index in [1.54, 1.807) is 36.0 Å². The molecule has 0 amide bonds. The number of nitrogens with zero attached hydrogens (tertiary/aromatic N) is 2. The number of aliphatic imine (C=N–C) groups is 1. The van der Waals surface area contributed by atoms with Crippen LogP contribution in [0.5, 0.6) is 0 Å². The molecule has 1 heterocycles. The zero-order chi connectivity index (χ0) is 18.7. The fourth-order valence-electron chi connectivity index (χ4n) is 2.57. The zero-order valence-corrected chi connectivity index (χ0v) is 16.0. The van der Waals surface area contributed by atoms with Crippen molar-refractivity contribution >= 4 is 40.8 Å². The molecule has 0 saturated heterocycles. The Morgan fingerprint density at radius 2 is 1.96 bits per heavy atom. The van der Waals surface area contributed by atoms with Crippen LogP contribution in [-0.2, 0) is 0 Å². The molecule has 134 valence electrons. The van der Waals surface area contributed by atoms with E-state index >= 15 is 0 Å². The molecule has 26 heavy (non-hydrogen) atoms. The van der Waals surface area contributed by atoms with E-state index in [-0.39, 0.29) is 5.78 Å². The van der Waals surface area contributed by atoms with Gasteiger partial charge in [-0.2, -0.15) is 0 Å². The van der Waals surface area contributed by atoms with E-state index in [4.69, 9.17) is 17.5 Å². The molecule has 1 atom stereocenters. The first kappa shape index (κ1) is 18.5. The molecule has 1 aliphatic rings. The van der Waals surface area contributed by atoms with Gasteiger partial charge in [0.2, 0.25) is 0 Å². The Labute approximate surface area is 162 Å². The van der Waals surface area contributed by atoms with Crippen LogP contribution in [-0.4, -0.2) is 28.6 Å². The molecular weight excluding hydrogens is 368 g/mol. The lowest BCUT2D eigenvalue weighted by atomic mass is 10.0. The van der Waals surface area contributed by atoms with Gasteiger partial charge in [0.05, 0.1) is 5.69 Å². The summed E-state index contributed by atoms with van der Waals surface area (Å²) in [5, 5.41) is 3.00. The summed E-state index contributed by atoms with van der Waals surface area (Å²) in [6.07, 6.45) is 3.24. The predicted octanol–water partition coefficient (Wildman–Crippen LogP) is 3.87. The Kier molecular flexibility index (Phi) is 5.66. The topological polar surface area (TPSA) is 70.7 Å². The highest BCUT2D eigenvalue weighted by Crippen LogP contribution is 2.21. The molecule has 3 N–H and O–H groups in total. The van der Waals surface area contributed by atoms with E-state index in [1.165, 1.54) is 4.42 Å². The van der Waals surface area contributed by atoms with Crippen molar-refractivity contribution in [2.75, 3.05) is 6.26 Å². The molecule has 5 nitrogen and oxygen atoms in total. The van der Waals surface area contributed by atoms with Crippen molar-refractivity contribution in [1.29, 1.82) is 0 Å². The Morgan fingerprint density at radius 1 is 1.23 bits per heavy atom. The third kappa shape index (κ3) is 4.09. The maximum absolute atomic E-state index is 12.7. The lowest BCUT2D eigenvalue weighted by Gasteiger charge is -2.29. The van der Waals surface area contributed by atoms with Gasteiger partial charge in [0, 0.05) is 39.6 Å². The third-order valence-electron chi connectivity index (χ3n) is 3.89. The lowest BCUT2D eigenvalue weighted by Crippen LogP contribution is -2.52. The number of thioether (sulfide) groups is 1. The second-order valence-corrected chi connectivity index (χ2v) is 7.05. The summed E-state index contributed by atoms with van der Waals surface area (Å²) in [5.74, 6) is 0.473. The van der Waals surface area contributed by atoms with Crippen LogP contribution in [0, 0.1) is 0 Å². The summed E-state index contributed by atoms with van der Waals surface area (Å²) >= 11 is 7.82. The number of allylic oxidation sites excluding steroid dienone is 1. The van der Waals surface area contributed by atoms with Gasteiger partial charge in [0.15, 0.2) is 12.1 Å². The normalized spacial score (nSPS) is 18.5. The monoisotopic (exact) mass is 386 g/mol. The van der Waals surface area contributed by atoms with Gasteiger partial charge in [-0.15, -0.1) is 11.8 Å². The van der Waals surface area contributed by atoms with E-state index in [9.17, 15) is 4.79 Å². The fourth-order valence-corrected chi connectivity index (χ4v) is 3.11. The van der Waals surface area contributed by atoms with Crippen LogP contribution in [0.25, 0.3) is 0 Å². The molecule has 0 aliphatic carbocycles. The maximum atomic E-state index is 12.7. The number of carbonyl (C=O) groups excluding carboxylic acids is 1. The number of rotatable bonds is 4. The van der Waals surface area contributed by atoms with Gasteiger partial charge < -0.3 is 5.32 Å². The molecule has 0 aromatic heterocycles. The second kappa shape index (κ2) is 7.95. The molecule has 2 aromatic rings. The first-order chi connectivity index (χ1) is 12.5.